The van der Waals surface area contributed by atoms with Crippen LogP contribution < -0.4 is 0 Å². The second-order valence-corrected chi connectivity index (χ2v) is 10.4. The summed E-state index contributed by atoms with van der Waals surface area (Å²) in [5, 5.41) is 0. The summed E-state index contributed by atoms with van der Waals surface area (Å²) >= 11 is 0. The van der Waals surface area contributed by atoms with E-state index >= 15 is 0 Å². The third kappa shape index (κ3) is 4.78. The van der Waals surface area contributed by atoms with Gasteiger partial charge in [0.1, 0.15) is 0 Å². The van der Waals surface area contributed by atoms with Crippen molar-refractivity contribution in [2.45, 2.75) is 98.3 Å². The first-order valence-electron chi connectivity index (χ1n) is 10.3. The zero-order valence-corrected chi connectivity index (χ0v) is 19.1. The first kappa shape index (κ1) is 21.6. The third-order valence-corrected chi connectivity index (χ3v) is 5.36. The molecule has 0 aromatic carbocycles. The molecule has 1 atom stereocenters. The van der Waals surface area contributed by atoms with E-state index in [0.717, 1.165) is 6.42 Å². The summed E-state index contributed by atoms with van der Waals surface area (Å²) in [6.07, 6.45) is 7.07. The van der Waals surface area contributed by atoms with Gasteiger partial charge < -0.3 is 0 Å². The molecule has 148 valence electrons. The summed E-state index contributed by atoms with van der Waals surface area (Å²) < 4.78 is 0. The summed E-state index contributed by atoms with van der Waals surface area (Å²) in [5.41, 5.74) is 8.36. The van der Waals surface area contributed by atoms with Crippen molar-refractivity contribution in [3.63, 3.8) is 0 Å². The molecule has 2 nitrogen and oxygen atoms in total. The van der Waals surface area contributed by atoms with Gasteiger partial charge >= 0.3 is 0 Å². The van der Waals surface area contributed by atoms with Crippen LogP contribution in [0.5, 0.6) is 0 Å². The molecule has 0 aliphatic rings. The molecule has 0 radical (unpaired) electrons. The Morgan fingerprint density at radius 2 is 1.48 bits per heavy atom. The Labute approximate surface area is 166 Å². The van der Waals surface area contributed by atoms with Gasteiger partial charge in [-0.3, -0.25) is 9.97 Å². The van der Waals surface area contributed by atoms with Gasteiger partial charge in [0, 0.05) is 30.2 Å². The van der Waals surface area contributed by atoms with Gasteiger partial charge in [0.15, 0.2) is 0 Å². The molecule has 27 heavy (non-hydrogen) atoms. The Balaban J connectivity index is 2.54. The number of aromatic nitrogens is 2. The number of nitrogens with zero attached hydrogens (tertiary/aromatic N) is 2. The summed E-state index contributed by atoms with van der Waals surface area (Å²) in [7, 11) is 0. The first-order chi connectivity index (χ1) is 12.3. The van der Waals surface area contributed by atoms with Crippen molar-refractivity contribution in [2.75, 3.05) is 0 Å². The van der Waals surface area contributed by atoms with Crippen LogP contribution in [0.3, 0.4) is 0 Å². The minimum Gasteiger partial charge on any atom is -0.264 e. The van der Waals surface area contributed by atoms with E-state index in [2.05, 4.69) is 92.7 Å². The van der Waals surface area contributed by atoms with Gasteiger partial charge in [-0.2, -0.15) is 0 Å². The van der Waals surface area contributed by atoms with Crippen LogP contribution in [0.25, 0.3) is 0 Å². The molecule has 2 rings (SSSR count). The van der Waals surface area contributed by atoms with E-state index in [-0.39, 0.29) is 10.8 Å². The lowest BCUT2D eigenvalue weighted by Gasteiger charge is -2.30. The average molecular weight is 367 g/mol. The molecule has 0 aliphatic heterocycles. The van der Waals surface area contributed by atoms with Crippen molar-refractivity contribution >= 4 is 0 Å². The van der Waals surface area contributed by atoms with Crippen LogP contribution in [0.2, 0.25) is 0 Å². The zero-order valence-electron chi connectivity index (χ0n) is 19.1. The maximum Gasteiger partial charge on any atom is 0.0474 e. The molecule has 0 saturated heterocycles. The maximum atomic E-state index is 4.83. The molecule has 0 aliphatic carbocycles. The third-order valence-electron chi connectivity index (χ3n) is 5.36. The lowest BCUT2D eigenvalue weighted by Crippen LogP contribution is -2.22. The van der Waals surface area contributed by atoms with Gasteiger partial charge in [0.2, 0.25) is 0 Å². The zero-order chi connectivity index (χ0) is 20.6. The Bertz CT molecular complexity index is 789. The summed E-state index contributed by atoms with van der Waals surface area (Å²) in [6, 6.07) is 2.14. The van der Waals surface area contributed by atoms with E-state index < -0.39 is 0 Å². The van der Waals surface area contributed by atoms with Crippen LogP contribution in [0.15, 0.2) is 24.7 Å². The average Bonchev–Trinajstić information content (AvgIpc) is 2.52. The van der Waals surface area contributed by atoms with E-state index in [0.29, 0.717) is 11.8 Å². The second kappa shape index (κ2) is 7.73. The van der Waals surface area contributed by atoms with Gasteiger partial charge in [-0.05, 0) is 64.0 Å². The van der Waals surface area contributed by atoms with Crippen LogP contribution in [0.4, 0.5) is 0 Å². The van der Waals surface area contributed by atoms with E-state index in [1.165, 1.54) is 33.5 Å². The highest BCUT2D eigenvalue weighted by Crippen LogP contribution is 2.37. The molecule has 2 heterocycles. The Hall–Kier alpha value is -1.70. The van der Waals surface area contributed by atoms with Gasteiger partial charge in [-0.25, -0.2) is 0 Å². The maximum absolute atomic E-state index is 4.83. The van der Waals surface area contributed by atoms with Gasteiger partial charge in [0.05, 0.1) is 0 Å². The van der Waals surface area contributed by atoms with Crippen molar-refractivity contribution < 1.29 is 0 Å². The molecular weight excluding hydrogens is 328 g/mol. The Morgan fingerprint density at radius 3 is 2.00 bits per heavy atom. The van der Waals surface area contributed by atoms with E-state index in [1.54, 1.807) is 0 Å². The molecule has 2 aromatic heterocycles. The quantitative estimate of drug-likeness (QED) is 0.591. The highest BCUT2D eigenvalue weighted by Gasteiger charge is 2.27. The number of aryl methyl sites for hydroxylation is 1. The minimum absolute atomic E-state index is 0.0901. The van der Waals surface area contributed by atoms with Crippen LogP contribution in [0, 0.1) is 6.92 Å². The van der Waals surface area contributed by atoms with Gasteiger partial charge in [-0.1, -0.05) is 62.3 Å². The normalized spacial score (nSPS) is 13.9. The fraction of sp³-hybridized carbons (Fsp3) is 0.600. The first-order valence-corrected chi connectivity index (χ1v) is 10.3. The van der Waals surface area contributed by atoms with E-state index in [9.17, 15) is 0 Å². The van der Waals surface area contributed by atoms with Crippen molar-refractivity contribution in [3.8, 4) is 0 Å². The molecule has 2 aromatic rings. The minimum atomic E-state index is 0.0901. The summed E-state index contributed by atoms with van der Waals surface area (Å²) in [4.78, 5) is 9.43. The van der Waals surface area contributed by atoms with E-state index in [1.807, 2.05) is 6.20 Å². The van der Waals surface area contributed by atoms with Crippen LogP contribution in [-0.4, -0.2) is 9.97 Å². The fourth-order valence-corrected chi connectivity index (χ4v) is 4.38. The Kier molecular flexibility index (Phi) is 6.19. The lowest BCUT2D eigenvalue weighted by molar-refractivity contribution is 0.547. The Morgan fingerprint density at radius 1 is 0.889 bits per heavy atom. The van der Waals surface area contributed by atoms with Gasteiger partial charge in [0.25, 0.3) is 0 Å². The predicted octanol–water partition coefficient (Wildman–Crippen LogP) is 6.85. The molecule has 0 N–H and O–H groups in total. The smallest absolute Gasteiger partial charge is 0.0474 e. The van der Waals surface area contributed by atoms with Gasteiger partial charge in [-0.15, -0.1) is 0 Å². The van der Waals surface area contributed by atoms with Crippen LogP contribution >= 0.6 is 0 Å². The topological polar surface area (TPSA) is 25.8 Å². The standard InChI is InChI=1S/C25H38N2/c1-16(2)20-15-26-14-19(22(20)25(8,9)10)13-18(4)23-21(24(5,6)7)17(3)11-12-27-23/h11-12,14-16,18H,13H2,1-10H3. The fourth-order valence-electron chi connectivity index (χ4n) is 4.38. The molecule has 0 saturated carbocycles. The molecular formula is C25H38N2. The highest BCUT2D eigenvalue weighted by molar-refractivity contribution is 5.42. The summed E-state index contributed by atoms with van der Waals surface area (Å²) in [5.74, 6) is 0.827. The molecule has 0 fully saturated rings. The molecule has 0 amide bonds. The number of rotatable bonds is 4. The number of pyridine rings is 2. The summed E-state index contributed by atoms with van der Waals surface area (Å²) in [6.45, 7) is 22.8. The molecule has 2 heteroatoms. The molecule has 0 spiro atoms. The number of hydrogen-bond donors (Lipinski definition) is 0. The van der Waals surface area contributed by atoms with E-state index in [4.69, 9.17) is 4.98 Å². The highest BCUT2D eigenvalue weighted by atomic mass is 14.7. The predicted molar refractivity (Wildman–Crippen MR) is 117 cm³/mol. The second-order valence-electron chi connectivity index (χ2n) is 10.4. The number of hydrogen-bond acceptors (Lipinski definition) is 2. The largest absolute Gasteiger partial charge is 0.264 e. The molecule has 1 unspecified atom stereocenters. The van der Waals surface area contributed by atoms with Crippen LogP contribution in [0.1, 0.15) is 108 Å². The van der Waals surface area contributed by atoms with Crippen molar-refractivity contribution in [3.05, 3.63) is 58.2 Å². The van der Waals surface area contributed by atoms with Crippen molar-refractivity contribution in [2.24, 2.45) is 0 Å². The SMILES string of the molecule is Cc1ccnc(C(C)Cc2cncc(C(C)C)c2C(C)(C)C)c1C(C)(C)C. The van der Waals surface area contributed by atoms with Crippen molar-refractivity contribution in [1.82, 2.24) is 9.97 Å². The van der Waals surface area contributed by atoms with Crippen LogP contribution in [-0.2, 0) is 17.3 Å². The monoisotopic (exact) mass is 366 g/mol. The van der Waals surface area contributed by atoms with Crippen molar-refractivity contribution in [1.29, 1.82) is 0 Å². The molecule has 0 bridgehead atoms. The lowest BCUT2D eigenvalue weighted by atomic mass is 9.75.